The lowest BCUT2D eigenvalue weighted by Gasteiger charge is -2.30. The Morgan fingerprint density at radius 3 is 2.57 bits per heavy atom. The van der Waals surface area contributed by atoms with Gasteiger partial charge in [-0.3, -0.25) is 9.10 Å². The number of aryl methyl sites for hydroxylation is 1. The molecule has 6 nitrogen and oxygen atoms in total. The van der Waals surface area contributed by atoms with Gasteiger partial charge in [-0.1, -0.05) is 25.1 Å². The molecule has 0 bridgehead atoms. The van der Waals surface area contributed by atoms with Gasteiger partial charge in [0, 0.05) is 19.2 Å². The maximum Gasteiger partial charge on any atom is 0.264 e. The first-order chi connectivity index (χ1) is 13.3. The van der Waals surface area contributed by atoms with Crippen LogP contribution in [0.25, 0.3) is 0 Å². The van der Waals surface area contributed by atoms with Crippen molar-refractivity contribution in [3.8, 4) is 0 Å². The van der Waals surface area contributed by atoms with Gasteiger partial charge in [0.25, 0.3) is 10.0 Å². The molecule has 2 aromatic carbocycles. The quantitative estimate of drug-likeness (QED) is 0.806. The number of para-hydroxylation sites is 1. The van der Waals surface area contributed by atoms with Gasteiger partial charge in [-0.05, 0) is 55.2 Å². The summed E-state index contributed by atoms with van der Waals surface area (Å²) in [5, 5.41) is 10.1. The highest BCUT2D eigenvalue weighted by Gasteiger charge is 2.29. The average Bonchev–Trinajstić information content (AvgIpc) is 2.71. The fraction of sp³-hybridized carbons (Fsp3) is 0.381. The Morgan fingerprint density at radius 1 is 1.21 bits per heavy atom. The largest absolute Gasteiger partial charge is 0.391 e. The van der Waals surface area contributed by atoms with Crippen LogP contribution in [-0.4, -0.2) is 38.6 Å². The number of hydrogen-bond acceptors (Lipinski definition) is 4. The van der Waals surface area contributed by atoms with Gasteiger partial charge in [0.2, 0.25) is 5.91 Å². The molecule has 150 valence electrons. The van der Waals surface area contributed by atoms with Crippen LogP contribution >= 0.6 is 0 Å². The molecule has 0 saturated heterocycles. The van der Waals surface area contributed by atoms with Crippen molar-refractivity contribution in [3.05, 3.63) is 54.1 Å². The van der Waals surface area contributed by atoms with E-state index >= 15 is 0 Å². The van der Waals surface area contributed by atoms with E-state index in [-0.39, 0.29) is 17.3 Å². The van der Waals surface area contributed by atoms with Gasteiger partial charge >= 0.3 is 0 Å². The zero-order chi connectivity index (χ0) is 20.3. The smallest absolute Gasteiger partial charge is 0.264 e. The first-order valence-electron chi connectivity index (χ1n) is 9.51. The van der Waals surface area contributed by atoms with E-state index in [2.05, 4.69) is 0 Å². The summed E-state index contributed by atoms with van der Waals surface area (Å²) < 4.78 is 28.1. The lowest BCUT2D eigenvalue weighted by atomic mass is 10.0. The molecule has 1 N–H and O–H groups in total. The van der Waals surface area contributed by atoms with Gasteiger partial charge < -0.3 is 10.0 Å². The van der Waals surface area contributed by atoms with Crippen molar-refractivity contribution in [2.24, 2.45) is 0 Å². The second-order valence-corrected chi connectivity index (χ2v) is 8.86. The van der Waals surface area contributed by atoms with Crippen LogP contribution in [0.1, 0.15) is 32.3 Å². The van der Waals surface area contributed by atoms with E-state index in [9.17, 15) is 18.3 Å². The SMILES string of the molecule is CCC(O)CN(c1ccccc1)S(=O)(=O)c1ccc2c(c1)CCCN2C(C)=O. The third-order valence-corrected chi connectivity index (χ3v) is 6.82. The number of rotatable bonds is 6. The molecule has 0 aromatic heterocycles. The maximum atomic E-state index is 13.4. The number of aliphatic hydroxyl groups excluding tert-OH is 1. The van der Waals surface area contributed by atoms with Crippen LogP contribution < -0.4 is 9.21 Å². The molecular formula is C21H26N2O4S. The summed E-state index contributed by atoms with van der Waals surface area (Å²) in [6, 6.07) is 13.7. The van der Waals surface area contributed by atoms with Crippen molar-refractivity contribution in [2.45, 2.75) is 44.1 Å². The Balaban J connectivity index is 2.03. The number of fused-ring (bicyclic) bond motifs is 1. The van der Waals surface area contributed by atoms with Crippen LogP contribution in [-0.2, 0) is 21.2 Å². The van der Waals surface area contributed by atoms with Crippen molar-refractivity contribution in [3.63, 3.8) is 0 Å². The van der Waals surface area contributed by atoms with Crippen molar-refractivity contribution in [1.82, 2.24) is 0 Å². The number of hydrogen-bond donors (Lipinski definition) is 1. The molecule has 28 heavy (non-hydrogen) atoms. The van der Waals surface area contributed by atoms with Crippen molar-refractivity contribution >= 4 is 27.3 Å². The minimum Gasteiger partial charge on any atom is -0.391 e. The van der Waals surface area contributed by atoms with Crippen LogP contribution in [0, 0.1) is 0 Å². The normalized spacial score (nSPS) is 15.0. The van der Waals surface area contributed by atoms with Crippen molar-refractivity contribution in [1.29, 1.82) is 0 Å². The Morgan fingerprint density at radius 2 is 1.93 bits per heavy atom. The summed E-state index contributed by atoms with van der Waals surface area (Å²) in [6.45, 7) is 3.96. The Kier molecular flexibility index (Phi) is 6.05. The predicted molar refractivity (Wildman–Crippen MR) is 110 cm³/mol. The number of carbonyl (C=O) groups is 1. The number of aliphatic hydroxyl groups is 1. The number of sulfonamides is 1. The molecule has 0 radical (unpaired) electrons. The van der Waals surface area contributed by atoms with Crippen LogP contribution in [0.2, 0.25) is 0 Å². The van der Waals surface area contributed by atoms with E-state index in [0.717, 1.165) is 24.1 Å². The maximum absolute atomic E-state index is 13.4. The molecule has 1 heterocycles. The zero-order valence-electron chi connectivity index (χ0n) is 16.2. The second-order valence-electron chi connectivity index (χ2n) is 7.00. The lowest BCUT2D eigenvalue weighted by Crippen LogP contribution is -2.38. The van der Waals surface area contributed by atoms with E-state index in [1.807, 2.05) is 13.0 Å². The Hall–Kier alpha value is -2.38. The minimum absolute atomic E-state index is 0.0144. The van der Waals surface area contributed by atoms with Crippen LogP contribution in [0.5, 0.6) is 0 Å². The van der Waals surface area contributed by atoms with E-state index in [4.69, 9.17) is 0 Å². The molecule has 2 aromatic rings. The molecule has 1 amide bonds. The number of benzene rings is 2. The minimum atomic E-state index is -3.86. The highest BCUT2D eigenvalue weighted by molar-refractivity contribution is 7.92. The first-order valence-corrected chi connectivity index (χ1v) is 11.0. The highest BCUT2D eigenvalue weighted by atomic mass is 32.2. The summed E-state index contributed by atoms with van der Waals surface area (Å²) >= 11 is 0. The fourth-order valence-electron chi connectivity index (χ4n) is 3.45. The molecule has 3 rings (SSSR count). The standard InChI is InChI=1S/C21H26N2O4S/c1-3-19(25)15-23(18-9-5-4-6-10-18)28(26,27)20-11-12-21-17(14-20)8-7-13-22(21)16(2)24/h4-6,9-12,14,19,25H,3,7-8,13,15H2,1-2H3. The number of nitrogens with zero attached hydrogens (tertiary/aromatic N) is 2. The van der Waals surface area contributed by atoms with Crippen molar-refractivity contribution < 1.29 is 18.3 Å². The number of anilines is 2. The van der Waals surface area contributed by atoms with Gasteiger partial charge in [-0.15, -0.1) is 0 Å². The molecule has 0 aliphatic carbocycles. The first kappa shape index (κ1) is 20.4. The van der Waals surface area contributed by atoms with Crippen LogP contribution in [0.4, 0.5) is 11.4 Å². The van der Waals surface area contributed by atoms with Crippen LogP contribution in [0.3, 0.4) is 0 Å². The summed E-state index contributed by atoms with van der Waals surface area (Å²) in [7, 11) is -3.86. The summed E-state index contributed by atoms with van der Waals surface area (Å²) in [6.07, 6.45) is 1.22. The van der Waals surface area contributed by atoms with Crippen molar-refractivity contribution in [2.75, 3.05) is 22.3 Å². The molecule has 1 aliphatic rings. The second kappa shape index (κ2) is 8.32. The third-order valence-electron chi connectivity index (χ3n) is 5.03. The summed E-state index contributed by atoms with van der Waals surface area (Å²) in [5.41, 5.74) is 2.14. The molecule has 1 aliphatic heterocycles. The number of carbonyl (C=O) groups excluding carboxylic acids is 1. The lowest BCUT2D eigenvalue weighted by molar-refractivity contribution is -0.116. The zero-order valence-corrected chi connectivity index (χ0v) is 17.0. The van der Waals surface area contributed by atoms with E-state index < -0.39 is 16.1 Å². The highest BCUT2D eigenvalue weighted by Crippen LogP contribution is 2.32. The number of amides is 1. The monoisotopic (exact) mass is 402 g/mol. The van der Waals surface area contributed by atoms with E-state index in [1.165, 1.54) is 11.2 Å². The van der Waals surface area contributed by atoms with Gasteiger partial charge in [0.05, 0.1) is 23.2 Å². The molecule has 0 fully saturated rings. The third kappa shape index (κ3) is 4.05. The van der Waals surface area contributed by atoms with E-state index in [0.29, 0.717) is 18.7 Å². The summed E-state index contributed by atoms with van der Waals surface area (Å²) in [4.78, 5) is 13.7. The molecule has 0 spiro atoms. The molecule has 1 unspecified atom stereocenters. The molecular weight excluding hydrogens is 376 g/mol. The fourth-order valence-corrected chi connectivity index (χ4v) is 5.00. The predicted octanol–water partition coefficient (Wildman–Crippen LogP) is 2.95. The average molecular weight is 403 g/mol. The molecule has 7 heteroatoms. The molecule has 1 atom stereocenters. The Bertz CT molecular complexity index is 944. The molecule has 0 saturated carbocycles. The topological polar surface area (TPSA) is 77.9 Å². The van der Waals surface area contributed by atoms with Gasteiger partial charge in [-0.25, -0.2) is 8.42 Å². The van der Waals surface area contributed by atoms with Gasteiger partial charge in [0.15, 0.2) is 0 Å². The van der Waals surface area contributed by atoms with Gasteiger partial charge in [0.1, 0.15) is 0 Å². The van der Waals surface area contributed by atoms with E-state index in [1.54, 1.807) is 47.4 Å². The summed E-state index contributed by atoms with van der Waals surface area (Å²) in [5.74, 6) is -0.0477. The Labute approximate surface area is 166 Å². The van der Waals surface area contributed by atoms with Gasteiger partial charge in [-0.2, -0.15) is 0 Å². The van der Waals surface area contributed by atoms with Crippen LogP contribution in [0.15, 0.2) is 53.4 Å².